The maximum absolute atomic E-state index is 11.4. The molecule has 4 nitrogen and oxygen atoms in total. The van der Waals surface area contributed by atoms with Gasteiger partial charge in [-0.15, -0.1) is 21.8 Å². The fourth-order valence-corrected chi connectivity index (χ4v) is 3.22. The first-order valence-corrected chi connectivity index (χ1v) is 8.25. The number of carbonyl (C=O) groups excluding carboxylic acids is 1. The summed E-state index contributed by atoms with van der Waals surface area (Å²) in [4.78, 5) is 11.4. The van der Waals surface area contributed by atoms with E-state index in [1.807, 2.05) is 6.07 Å². The molecule has 1 aromatic heterocycles. The van der Waals surface area contributed by atoms with Crippen molar-refractivity contribution >= 4 is 45.7 Å². The lowest BCUT2D eigenvalue weighted by Gasteiger charge is -2.01. The lowest BCUT2D eigenvalue weighted by atomic mass is 10.2. The second-order valence-corrected chi connectivity index (χ2v) is 7.11. The number of carbonyl (C=O) groups is 1. The van der Waals surface area contributed by atoms with Crippen molar-refractivity contribution in [1.29, 1.82) is 0 Å². The number of aromatic nitrogens is 2. The number of aryl methyl sites for hydroxylation is 1. The van der Waals surface area contributed by atoms with Gasteiger partial charge in [0.05, 0.1) is 0 Å². The van der Waals surface area contributed by atoms with Gasteiger partial charge in [0.15, 0.2) is 4.34 Å². The van der Waals surface area contributed by atoms with Gasteiger partial charge in [-0.2, -0.15) is 0 Å². The van der Waals surface area contributed by atoms with Crippen LogP contribution in [0.4, 0.5) is 5.13 Å². The van der Waals surface area contributed by atoms with Gasteiger partial charge in [0.25, 0.3) is 0 Å². The molecule has 0 aliphatic rings. The summed E-state index contributed by atoms with van der Waals surface area (Å²) in [6.45, 7) is 3.69. The standard InChI is InChI=1S/C13H14ClN3OS2/c1-8-4-3-5-10(6-8)7-19-13-17-16-12(20-13)15-11(18)9(2)14/h3-6,9H,7H2,1-2H3,(H,15,16,18). The summed E-state index contributed by atoms with van der Waals surface area (Å²) in [6, 6.07) is 8.34. The van der Waals surface area contributed by atoms with Crippen LogP contribution in [0.15, 0.2) is 28.6 Å². The Morgan fingerprint density at radius 2 is 2.30 bits per heavy atom. The SMILES string of the molecule is Cc1cccc(CSc2nnc(NC(=O)C(C)Cl)s2)c1. The van der Waals surface area contributed by atoms with Crippen LogP contribution in [0.1, 0.15) is 18.1 Å². The molecule has 2 aromatic rings. The van der Waals surface area contributed by atoms with Gasteiger partial charge in [0.2, 0.25) is 11.0 Å². The molecule has 0 bridgehead atoms. The van der Waals surface area contributed by atoms with Crippen LogP contribution in [0, 0.1) is 6.92 Å². The molecule has 106 valence electrons. The molecular formula is C13H14ClN3OS2. The fourth-order valence-electron chi connectivity index (χ4n) is 1.47. The zero-order chi connectivity index (χ0) is 14.5. The molecule has 1 N–H and O–H groups in total. The molecule has 0 fully saturated rings. The van der Waals surface area contributed by atoms with Crippen molar-refractivity contribution in [3.05, 3.63) is 35.4 Å². The van der Waals surface area contributed by atoms with Crippen molar-refractivity contribution in [3.63, 3.8) is 0 Å². The van der Waals surface area contributed by atoms with Crippen LogP contribution >= 0.6 is 34.7 Å². The quantitative estimate of drug-likeness (QED) is 0.517. The molecule has 1 heterocycles. The molecule has 1 amide bonds. The van der Waals surface area contributed by atoms with E-state index >= 15 is 0 Å². The van der Waals surface area contributed by atoms with Gasteiger partial charge in [0, 0.05) is 5.75 Å². The van der Waals surface area contributed by atoms with Crippen LogP contribution in [0.2, 0.25) is 0 Å². The number of halogens is 1. The van der Waals surface area contributed by atoms with Gasteiger partial charge in [-0.25, -0.2) is 0 Å². The molecule has 20 heavy (non-hydrogen) atoms. The van der Waals surface area contributed by atoms with E-state index in [9.17, 15) is 4.79 Å². The van der Waals surface area contributed by atoms with Crippen molar-refractivity contribution in [2.75, 3.05) is 5.32 Å². The zero-order valence-electron chi connectivity index (χ0n) is 11.1. The molecule has 0 aliphatic heterocycles. The topological polar surface area (TPSA) is 54.9 Å². The smallest absolute Gasteiger partial charge is 0.243 e. The molecule has 0 aliphatic carbocycles. The number of hydrogen-bond acceptors (Lipinski definition) is 5. The number of nitrogens with one attached hydrogen (secondary N) is 1. The molecule has 0 saturated carbocycles. The summed E-state index contributed by atoms with van der Waals surface area (Å²) < 4.78 is 0.823. The number of hydrogen-bond donors (Lipinski definition) is 1. The summed E-state index contributed by atoms with van der Waals surface area (Å²) in [7, 11) is 0. The molecule has 1 unspecified atom stereocenters. The minimum atomic E-state index is -0.581. The highest BCUT2D eigenvalue weighted by Crippen LogP contribution is 2.28. The Morgan fingerprint density at radius 1 is 1.50 bits per heavy atom. The normalized spacial score (nSPS) is 12.2. The van der Waals surface area contributed by atoms with Gasteiger partial charge in [-0.1, -0.05) is 52.9 Å². The first-order valence-electron chi connectivity index (χ1n) is 6.01. The maximum Gasteiger partial charge on any atom is 0.243 e. The average Bonchev–Trinajstić information content (AvgIpc) is 2.84. The fraction of sp³-hybridized carbons (Fsp3) is 0.308. The third-order valence-electron chi connectivity index (χ3n) is 2.44. The minimum absolute atomic E-state index is 0.266. The third-order valence-corrected chi connectivity index (χ3v) is 4.68. The van der Waals surface area contributed by atoms with Crippen molar-refractivity contribution in [3.8, 4) is 0 Å². The van der Waals surface area contributed by atoms with Crippen LogP contribution in [0.3, 0.4) is 0 Å². The molecule has 0 radical (unpaired) electrons. The van der Waals surface area contributed by atoms with Crippen LogP contribution in [-0.4, -0.2) is 21.5 Å². The predicted molar refractivity (Wildman–Crippen MR) is 84.6 cm³/mol. The second kappa shape index (κ2) is 7.06. The van der Waals surface area contributed by atoms with E-state index in [1.54, 1.807) is 18.7 Å². The van der Waals surface area contributed by atoms with Gasteiger partial charge in [-0.05, 0) is 19.4 Å². The highest BCUT2D eigenvalue weighted by molar-refractivity contribution is 8.00. The molecular weight excluding hydrogens is 314 g/mol. The molecule has 1 atom stereocenters. The Bertz CT molecular complexity index is 601. The Kier molecular flexibility index (Phi) is 5.39. The number of alkyl halides is 1. The molecule has 7 heteroatoms. The highest BCUT2D eigenvalue weighted by atomic mass is 35.5. The van der Waals surface area contributed by atoms with Gasteiger partial charge in [-0.3, -0.25) is 10.1 Å². The summed E-state index contributed by atoms with van der Waals surface area (Å²) in [5.41, 5.74) is 2.48. The predicted octanol–water partition coefficient (Wildman–Crippen LogP) is 3.70. The van der Waals surface area contributed by atoms with Crippen molar-refractivity contribution in [2.45, 2.75) is 29.3 Å². The van der Waals surface area contributed by atoms with Crippen LogP contribution < -0.4 is 5.32 Å². The van der Waals surface area contributed by atoms with E-state index in [1.165, 1.54) is 22.5 Å². The second-order valence-electron chi connectivity index (χ2n) is 4.26. The Labute approximate surface area is 130 Å². The molecule has 0 spiro atoms. The number of amides is 1. The van der Waals surface area contributed by atoms with E-state index < -0.39 is 5.38 Å². The van der Waals surface area contributed by atoms with Crippen molar-refractivity contribution in [1.82, 2.24) is 10.2 Å². The summed E-state index contributed by atoms with van der Waals surface area (Å²) in [5.74, 6) is 0.564. The van der Waals surface area contributed by atoms with E-state index in [-0.39, 0.29) is 5.91 Å². The lowest BCUT2D eigenvalue weighted by molar-refractivity contribution is -0.115. The van der Waals surface area contributed by atoms with Gasteiger partial charge in [0.1, 0.15) is 5.38 Å². The number of benzene rings is 1. The van der Waals surface area contributed by atoms with Gasteiger partial charge >= 0.3 is 0 Å². The summed E-state index contributed by atoms with van der Waals surface area (Å²) >= 11 is 8.63. The van der Waals surface area contributed by atoms with Gasteiger partial charge < -0.3 is 0 Å². The average molecular weight is 328 g/mol. The zero-order valence-corrected chi connectivity index (χ0v) is 13.5. The molecule has 2 rings (SSSR count). The Hall–Kier alpha value is -1.11. The number of anilines is 1. The van der Waals surface area contributed by atoms with Crippen LogP contribution in [-0.2, 0) is 10.5 Å². The van der Waals surface area contributed by atoms with Crippen LogP contribution in [0.5, 0.6) is 0 Å². The van der Waals surface area contributed by atoms with Crippen molar-refractivity contribution < 1.29 is 4.79 Å². The van der Waals surface area contributed by atoms with E-state index in [0.29, 0.717) is 5.13 Å². The number of nitrogens with zero attached hydrogens (tertiary/aromatic N) is 2. The van der Waals surface area contributed by atoms with Crippen molar-refractivity contribution in [2.24, 2.45) is 0 Å². The summed E-state index contributed by atoms with van der Waals surface area (Å²) in [6.07, 6.45) is 0. The molecule has 0 saturated heterocycles. The minimum Gasteiger partial charge on any atom is -0.299 e. The first-order chi connectivity index (χ1) is 9.54. The summed E-state index contributed by atoms with van der Waals surface area (Å²) in [5, 5.41) is 10.5. The van der Waals surface area contributed by atoms with E-state index in [0.717, 1.165) is 10.1 Å². The Balaban J connectivity index is 1.91. The van der Waals surface area contributed by atoms with E-state index in [2.05, 4.69) is 40.6 Å². The number of thioether (sulfide) groups is 1. The third kappa shape index (κ3) is 4.47. The Morgan fingerprint density at radius 3 is 3.00 bits per heavy atom. The molecule has 1 aromatic carbocycles. The number of rotatable bonds is 5. The monoisotopic (exact) mass is 327 g/mol. The maximum atomic E-state index is 11.4. The lowest BCUT2D eigenvalue weighted by Crippen LogP contribution is -2.20. The van der Waals surface area contributed by atoms with E-state index in [4.69, 9.17) is 11.6 Å². The first kappa shape index (κ1) is 15.3. The highest BCUT2D eigenvalue weighted by Gasteiger charge is 2.12. The largest absolute Gasteiger partial charge is 0.299 e. The van der Waals surface area contributed by atoms with Crippen LogP contribution in [0.25, 0.3) is 0 Å².